The molecule has 1 heterocycles. The molecule has 0 aromatic heterocycles. The van der Waals surface area contributed by atoms with Crippen LogP contribution in [-0.2, 0) is 22.5 Å². The summed E-state index contributed by atoms with van der Waals surface area (Å²) in [6, 6.07) is 26.9. The smallest absolute Gasteiger partial charge is 0.407 e. The first-order chi connectivity index (χ1) is 21.1. The van der Waals surface area contributed by atoms with E-state index in [9.17, 15) is 14.4 Å². The number of para-hydroxylation sites is 1. The fourth-order valence-electron chi connectivity index (χ4n) is 5.30. The number of carbonyl (C=O) groups is 3. The maximum absolute atomic E-state index is 14.1. The number of urea groups is 1. The average Bonchev–Trinajstić information content (AvgIpc) is 3.25. The van der Waals surface area contributed by atoms with Crippen LogP contribution in [0.15, 0.2) is 91.0 Å². The van der Waals surface area contributed by atoms with Crippen LogP contribution in [-0.4, -0.2) is 53.0 Å². The van der Waals surface area contributed by atoms with E-state index in [1.54, 1.807) is 17.0 Å². The van der Waals surface area contributed by atoms with Crippen molar-refractivity contribution in [2.45, 2.75) is 77.1 Å². The molecule has 0 saturated carbocycles. The number of aryl methyl sites for hydroxylation is 1. The van der Waals surface area contributed by atoms with Gasteiger partial charge in [-0.1, -0.05) is 78.9 Å². The van der Waals surface area contributed by atoms with Crippen molar-refractivity contribution < 1.29 is 19.1 Å². The monoisotopic (exact) mass is 597 g/mol. The van der Waals surface area contributed by atoms with Gasteiger partial charge in [0.15, 0.2) is 0 Å². The highest BCUT2D eigenvalue weighted by molar-refractivity contribution is 6.23. The predicted octanol–water partition coefficient (Wildman–Crippen LogP) is 6.29. The molecule has 44 heavy (non-hydrogen) atoms. The number of carbonyl (C=O) groups excluding carboxylic acids is 3. The number of alkyl carbamates (subject to hydrolysis) is 1. The SMILES string of the molecule is CC(C)(C)OC(=O)NCCCC[C@@H](C(=O)NCc1ccccc1)N1C(=O)N(c2ccccc2)C(=N)[C@@H]1CCc1ccccc1. The summed E-state index contributed by atoms with van der Waals surface area (Å²) in [7, 11) is 0. The van der Waals surface area contributed by atoms with Crippen molar-refractivity contribution in [3.05, 3.63) is 102 Å². The van der Waals surface area contributed by atoms with E-state index >= 15 is 0 Å². The lowest BCUT2D eigenvalue weighted by Gasteiger charge is -2.31. The molecule has 232 valence electrons. The molecule has 0 radical (unpaired) electrons. The van der Waals surface area contributed by atoms with Crippen LogP contribution < -0.4 is 15.5 Å². The van der Waals surface area contributed by atoms with Gasteiger partial charge in [0.25, 0.3) is 0 Å². The zero-order valence-corrected chi connectivity index (χ0v) is 25.8. The predicted molar refractivity (Wildman–Crippen MR) is 173 cm³/mol. The van der Waals surface area contributed by atoms with Crippen molar-refractivity contribution in [1.29, 1.82) is 5.41 Å². The van der Waals surface area contributed by atoms with Gasteiger partial charge in [0, 0.05) is 13.1 Å². The number of rotatable bonds is 13. The molecule has 4 rings (SSSR count). The van der Waals surface area contributed by atoms with E-state index in [1.165, 1.54) is 4.90 Å². The summed E-state index contributed by atoms with van der Waals surface area (Å²) in [4.78, 5) is 43.1. The van der Waals surface area contributed by atoms with Gasteiger partial charge in [0.1, 0.15) is 17.5 Å². The van der Waals surface area contributed by atoms with Gasteiger partial charge in [-0.25, -0.2) is 14.5 Å². The molecule has 3 aromatic rings. The van der Waals surface area contributed by atoms with Crippen molar-refractivity contribution >= 4 is 29.6 Å². The Kier molecular flexibility index (Phi) is 11.1. The van der Waals surface area contributed by atoms with Crippen LogP contribution in [0.25, 0.3) is 0 Å². The van der Waals surface area contributed by atoms with E-state index in [0.717, 1.165) is 11.1 Å². The molecule has 3 aromatic carbocycles. The van der Waals surface area contributed by atoms with Crippen molar-refractivity contribution in [3.63, 3.8) is 0 Å². The molecular formula is C35H43N5O4. The van der Waals surface area contributed by atoms with Gasteiger partial charge in [-0.15, -0.1) is 0 Å². The van der Waals surface area contributed by atoms with Crippen molar-refractivity contribution in [2.24, 2.45) is 0 Å². The Hall–Kier alpha value is -4.66. The molecule has 1 fully saturated rings. The first-order valence-corrected chi connectivity index (χ1v) is 15.2. The zero-order chi connectivity index (χ0) is 31.5. The van der Waals surface area contributed by atoms with E-state index in [1.807, 2.05) is 99.6 Å². The van der Waals surface area contributed by atoms with E-state index in [4.69, 9.17) is 10.1 Å². The third-order valence-corrected chi connectivity index (χ3v) is 7.39. The van der Waals surface area contributed by atoms with Gasteiger partial charge in [0.05, 0.1) is 11.7 Å². The minimum Gasteiger partial charge on any atom is -0.444 e. The number of hydrogen-bond acceptors (Lipinski definition) is 5. The molecule has 3 N–H and O–H groups in total. The van der Waals surface area contributed by atoms with Crippen molar-refractivity contribution in [1.82, 2.24) is 15.5 Å². The van der Waals surface area contributed by atoms with Gasteiger partial charge in [-0.2, -0.15) is 0 Å². The van der Waals surface area contributed by atoms with Crippen LogP contribution in [0.4, 0.5) is 15.3 Å². The summed E-state index contributed by atoms with van der Waals surface area (Å²) in [6.07, 6.45) is 2.21. The Morgan fingerprint density at radius 1 is 0.864 bits per heavy atom. The standard InChI is InChI=1S/C35H43N5O4/c1-35(2,3)44-33(42)37-24-14-13-21-30(32(41)38-25-27-17-9-5-10-18-27)40-29(23-22-26-15-7-4-8-16-26)31(36)39(34(40)43)28-19-11-6-12-20-28/h4-12,15-20,29-30,36H,13-14,21-25H2,1-3H3,(H,37,42)(H,38,41)/t29-,30-/m0/s1. The summed E-state index contributed by atoms with van der Waals surface area (Å²) in [5, 5.41) is 14.9. The van der Waals surface area contributed by atoms with Crippen LogP contribution in [0.2, 0.25) is 0 Å². The Morgan fingerprint density at radius 3 is 2.07 bits per heavy atom. The number of anilines is 1. The van der Waals surface area contributed by atoms with Crippen molar-refractivity contribution in [2.75, 3.05) is 11.4 Å². The highest BCUT2D eigenvalue weighted by Crippen LogP contribution is 2.31. The highest BCUT2D eigenvalue weighted by Gasteiger charge is 2.47. The van der Waals surface area contributed by atoms with E-state index in [-0.39, 0.29) is 17.8 Å². The maximum atomic E-state index is 14.1. The Bertz CT molecular complexity index is 1390. The van der Waals surface area contributed by atoms with Gasteiger partial charge >= 0.3 is 12.1 Å². The molecule has 0 bridgehead atoms. The minimum atomic E-state index is -0.803. The van der Waals surface area contributed by atoms with Gasteiger partial charge in [-0.3, -0.25) is 10.2 Å². The number of hydrogen-bond donors (Lipinski definition) is 3. The molecule has 2 atom stereocenters. The Labute approximate surface area is 260 Å². The van der Waals surface area contributed by atoms with E-state index in [0.29, 0.717) is 50.9 Å². The highest BCUT2D eigenvalue weighted by atomic mass is 16.6. The lowest BCUT2D eigenvalue weighted by atomic mass is 10.0. The van der Waals surface area contributed by atoms with E-state index < -0.39 is 23.8 Å². The van der Waals surface area contributed by atoms with Crippen molar-refractivity contribution in [3.8, 4) is 0 Å². The number of ether oxygens (including phenoxy) is 1. The molecule has 9 nitrogen and oxygen atoms in total. The third kappa shape index (κ3) is 8.92. The Balaban J connectivity index is 1.55. The summed E-state index contributed by atoms with van der Waals surface area (Å²) in [5.74, 6) is -0.112. The molecule has 0 aliphatic carbocycles. The lowest BCUT2D eigenvalue weighted by Crippen LogP contribution is -2.51. The van der Waals surface area contributed by atoms with Crippen LogP contribution >= 0.6 is 0 Å². The summed E-state index contributed by atoms with van der Waals surface area (Å²) >= 11 is 0. The number of amides is 4. The number of nitrogens with one attached hydrogen (secondary N) is 3. The summed E-state index contributed by atoms with van der Waals surface area (Å²) in [6.45, 7) is 6.13. The maximum Gasteiger partial charge on any atom is 0.407 e. The summed E-state index contributed by atoms with van der Waals surface area (Å²) < 4.78 is 5.32. The number of benzene rings is 3. The third-order valence-electron chi connectivity index (χ3n) is 7.39. The lowest BCUT2D eigenvalue weighted by molar-refractivity contribution is -0.126. The van der Waals surface area contributed by atoms with Crippen LogP contribution in [0.1, 0.15) is 57.6 Å². The normalized spacial score (nSPS) is 15.7. The first kappa shape index (κ1) is 32.3. The van der Waals surface area contributed by atoms with Gasteiger partial charge < -0.3 is 20.3 Å². The molecule has 1 aliphatic heterocycles. The van der Waals surface area contributed by atoms with Gasteiger partial charge in [-0.05, 0) is 76.1 Å². The number of unbranched alkanes of at least 4 members (excludes halogenated alkanes) is 1. The van der Waals surface area contributed by atoms with Crippen LogP contribution in [0.3, 0.4) is 0 Å². The second kappa shape index (κ2) is 15.2. The topological polar surface area (TPSA) is 115 Å². The fourth-order valence-corrected chi connectivity index (χ4v) is 5.30. The number of nitrogens with zero attached hydrogens (tertiary/aromatic N) is 2. The average molecular weight is 598 g/mol. The quantitative estimate of drug-likeness (QED) is 0.201. The zero-order valence-electron chi connectivity index (χ0n) is 25.8. The second-order valence-corrected chi connectivity index (χ2v) is 11.9. The molecule has 9 heteroatoms. The van der Waals surface area contributed by atoms with Crippen LogP contribution in [0, 0.1) is 5.41 Å². The fraction of sp³-hybridized carbons (Fsp3) is 0.371. The number of amidine groups is 1. The van der Waals surface area contributed by atoms with Crippen LogP contribution in [0.5, 0.6) is 0 Å². The second-order valence-electron chi connectivity index (χ2n) is 11.9. The minimum absolute atomic E-state index is 0.157. The molecule has 0 spiro atoms. The Morgan fingerprint density at radius 2 is 1.45 bits per heavy atom. The molecule has 4 amide bonds. The molecule has 0 unspecified atom stereocenters. The summed E-state index contributed by atoms with van der Waals surface area (Å²) in [5.41, 5.74) is 2.06. The largest absolute Gasteiger partial charge is 0.444 e. The molecule has 1 saturated heterocycles. The molecule has 1 aliphatic rings. The van der Waals surface area contributed by atoms with Gasteiger partial charge in [0.2, 0.25) is 5.91 Å². The van der Waals surface area contributed by atoms with E-state index in [2.05, 4.69) is 10.6 Å². The molecular weight excluding hydrogens is 554 g/mol. The first-order valence-electron chi connectivity index (χ1n) is 15.2.